The van der Waals surface area contributed by atoms with Crippen molar-refractivity contribution in [1.29, 1.82) is 0 Å². The fraction of sp³-hybridized carbons (Fsp3) is 0.933. The van der Waals surface area contributed by atoms with Gasteiger partial charge in [0.1, 0.15) is 5.78 Å². The van der Waals surface area contributed by atoms with E-state index >= 15 is 0 Å². The predicted octanol–water partition coefficient (Wildman–Crippen LogP) is 2.24. The van der Waals surface area contributed by atoms with Crippen LogP contribution in [0.3, 0.4) is 0 Å². The van der Waals surface area contributed by atoms with Gasteiger partial charge in [-0.3, -0.25) is 4.79 Å². The zero-order chi connectivity index (χ0) is 13.1. The van der Waals surface area contributed by atoms with Crippen molar-refractivity contribution >= 4 is 5.78 Å². The van der Waals surface area contributed by atoms with Crippen molar-refractivity contribution in [3.63, 3.8) is 0 Å². The van der Waals surface area contributed by atoms with Crippen LogP contribution in [0.2, 0.25) is 0 Å². The highest BCUT2D eigenvalue weighted by Gasteiger charge is 2.40. The monoisotopic (exact) mass is 268 g/mol. The van der Waals surface area contributed by atoms with Crippen LogP contribution in [0.25, 0.3) is 0 Å². The van der Waals surface area contributed by atoms with E-state index in [-0.39, 0.29) is 11.7 Å². The maximum Gasteiger partial charge on any atom is 0.133 e. The molecule has 4 heteroatoms. The molecule has 19 heavy (non-hydrogen) atoms. The van der Waals surface area contributed by atoms with Gasteiger partial charge in [0.05, 0.1) is 17.8 Å². The van der Waals surface area contributed by atoms with Gasteiger partial charge >= 0.3 is 0 Å². The summed E-state index contributed by atoms with van der Waals surface area (Å²) in [5, 5.41) is 0. The summed E-state index contributed by atoms with van der Waals surface area (Å²) in [5.74, 6) is 0.396. The first-order valence-electron chi connectivity index (χ1n) is 7.65. The zero-order valence-corrected chi connectivity index (χ0v) is 11.6. The van der Waals surface area contributed by atoms with Crippen LogP contribution in [0.1, 0.15) is 51.4 Å². The Balaban J connectivity index is 1.52. The summed E-state index contributed by atoms with van der Waals surface area (Å²) in [4.78, 5) is 11.3. The van der Waals surface area contributed by atoms with Crippen molar-refractivity contribution in [2.24, 2.45) is 0 Å². The highest BCUT2D eigenvalue weighted by molar-refractivity contribution is 5.79. The number of Topliss-reactive ketones (excluding diaryl/α,β-unsaturated/α-hetero) is 1. The van der Waals surface area contributed by atoms with E-state index in [4.69, 9.17) is 14.2 Å². The molecule has 0 bridgehead atoms. The summed E-state index contributed by atoms with van der Waals surface area (Å²) < 4.78 is 17.7. The summed E-state index contributed by atoms with van der Waals surface area (Å²) in [6.07, 6.45) is 7.81. The summed E-state index contributed by atoms with van der Waals surface area (Å²) in [6.45, 7) is 2.42. The van der Waals surface area contributed by atoms with Gasteiger partial charge in [-0.05, 0) is 32.1 Å². The minimum absolute atomic E-state index is 0.00561. The van der Waals surface area contributed by atoms with Crippen molar-refractivity contribution in [2.75, 3.05) is 19.8 Å². The highest BCUT2D eigenvalue weighted by Crippen LogP contribution is 2.36. The molecule has 108 valence electrons. The molecule has 3 fully saturated rings. The zero-order valence-electron chi connectivity index (χ0n) is 11.6. The summed E-state index contributed by atoms with van der Waals surface area (Å²) in [5.41, 5.74) is 0.00561. The SMILES string of the molecule is O=C1CCC(OC2CCOC3(CCOCC3)C2)CC1. The molecule has 3 rings (SSSR count). The van der Waals surface area contributed by atoms with E-state index in [1.54, 1.807) is 0 Å². The van der Waals surface area contributed by atoms with Crippen molar-refractivity contribution in [3.8, 4) is 0 Å². The lowest BCUT2D eigenvalue weighted by Gasteiger charge is -2.44. The van der Waals surface area contributed by atoms with Gasteiger partial charge in [-0.1, -0.05) is 0 Å². The Morgan fingerprint density at radius 3 is 2.47 bits per heavy atom. The standard InChI is InChI=1S/C15H24O4/c16-12-1-3-13(4-2-12)19-14-5-8-18-15(11-14)6-9-17-10-7-15/h13-14H,1-11H2. The molecule has 1 atom stereocenters. The van der Waals surface area contributed by atoms with Gasteiger partial charge in [0.2, 0.25) is 0 Å². The first kappa shape index (κ1) is 13.5. The molecule has 2 saturated heterocycles. The molecule has 4 nitrogen and oxygen atoms in total. The Hall–Kier alpha value is -0.450. The van der Waals surface area contributed by atoms with E-state index in [1.165, 1.54) is 0 Å². The van der Waals surface area contributed by atoms with Crippen molar-refractivity contribution in [3.05, 3.63) is 0 Å². The molecule has 1 aliphatic carbocycles. The maximum absolute atomic E-state index is 11.3. The fourth-order valence-electron chi connectivity index (χ4n) is 3.51. The van der Waals surface area contributed by atoms with Gasteiger partial charge < -0.3 is 14.2 Å². The summed E-state index contributed by atoms with van der Waals surface area (Å²) >= 11 is 0. The maximum atomic E-state index is 11.3. The highest BCUT2D eigenvalue weighted by atomic mass is 16.5. The first-order chi connectivity index (χ1) is 9.26. The Labute approximate surface area is 114 Å². The van der Waals surface area contributed by atoms with Crippen LogP contribution >= 0.6 is 0 Å². The normalized spacial score (nSPS) is 32.6. The van der Waals surface area contributed by atoms with E-state index in [1.807, 2.05) is 0 Å². The third kappa shape index (κ3) is 3.36. The molecule has 0 radical (unpaired) electrons. The average Bonchev–Trinajstić information content (AvgIpc) is 2.42. The van der Waals surface area contributed by atoms with Gasteiger partial charge in [-0.2, -0.15) is 0 Å². The molecule has 0 aromatic rings. The Morgan fingerprint density at radius 2 is 1.74 bits per heavy atom. The molecule has 2 heterocycles. The molecule has 0 N–H and O–H groups in total. The summed E-state index contributed by atoms with van der Waals surface area (Å²) in [7, 11) is 0. The molecule has 0 aromatic carbocycles. The van der Waals surface area contributed by atoms with Crippen LogP contribution in [0, 0.1) is 0 Å². The van der Waals surface area contributed by atoms with Crippen LogP contribution in [-0.4, -0.2) is 43.4 Å². The first-order valence-corrected chi connectivity index (χ1v) is 7.65. The molecular formula is C15H24O4. The van der Waals surface area contributed by atoms with Gasteiger partial charge in [0.25, 0.3) is 0 Å². The Bertz CT molecular complexity index is 307. The second-order valence-electron chi connectivity index (χ2n) is 6.13. The topological polar surface area (TPSA) is 44.8 Å². The minimum Gasteiger partial charge on any atom is -0.381 e. The van der Waals surface area contributed by atoms with Crippen molar-refractivity contribution in [2.45, 2.75) is 69.2 Å². The van der Waals surface area contributed by atoms with Crippen LogP contribution in [-0.2, 0) is 19.0 Å². The Morgan fingerprint density at radius 1 is 1.00 bits per heavy atom. The Kier molecular flexibility index (Phi) is 4.20. The van der Waals surface area contributed by atoms with E-state index < -0.39 is 0 Å². The molecule has 0 aromatic heterocycles. The van der Waals surface area contributed by atoms with Gasteiger partial charge in [-0.15, -0.1) is 0 Å². The molecule has 2 aliphatic heterocycles. The number of carbonyl (C=O) groups is 1. The molecular weight excluding hydrogens is 244 g/mol. The van der Waals surface area contributed by atoms with Gasteiger partial charge in [0, 0.05) is 39.1 Å². The smallest absolute Gasteiger partial charge is 0.133 e. The number of carbonyl (C=O) groups excluding carboxylic acids is 1. The molecule has 1 spiro atoms. The number of hydrogen-bond acceptors (Lipinski definition) is 4. The van der Waals surface area contributed by atoms with E-state index in [0.717, 1.165) is 58.3 Å². The second kappa shape index (κ2) is 5.90. The number of hydrogen-bond donors (Lipinski definition) is 0. The lowest BCUT2D eigenvalue weighted by Crippen LogP contribution is -2.47. The van der Waals surface area contributed by atoms with Crippen LogP contribution in [0.4, 0.5) is 0 Å². The van der Waals surface area contributed by atoms with Crippen LogP contribution < -0.4 is 0 Å². The van der Waals surface area contributed by atoms with Crippen molar-refractivity contribution < 1.29 is 19.0 Å². The van der Waals surface area contributed by atoms with Gasteiger partial charge in [-0.25, -0.2) is 0 Å². The van der Waals surface area contributed by atoms with E-state index in [9.17, 15) is 4.79 Å². The molecule has 0 amide bonds. The number of ether oxygens (including phenoxy) is 3. The lowest BCUT2D eigenvalue weighted by atomic mass is 9.85. The van der Waals surface area contributed by atoms with Crippen molar-refractivity contribution in [1.82, 2.24) is 0 Å². The van der Waals surface area contributed by atoms with Crippen LogP contribution in [0.15, 0.2) is 0 Å². The number of rotatable bonds is 2. The predicted molar refractivity (Wildman–Crippen MR) is 70.1 cm³/mol. The minimum atomic E-state index is 0.00561. The van der Waals surface area contributed by atoms with E-state index in [2.05, 4.69) is 0 Å². The summed E-state index contributed by atoms with van der Waals surface area (Å²) in [6, 6.07) is 0. The molecule has 1 unspecified atom stereocenters. The van der Waals surface area contributed by atoms with Gasteiger partial charge in [0.15, 0.2) is 0 Å². The fourth-order valence-corrected chi connectivity index (χ4v) is 3.51. The van der Waals surface area contributed by atoms with Crippen LogP contribution in [0.5, 0.6) is 0 Å². The molecule has 3 aliphatic rings. The lowest BCUT2D eigenvalue weighted by molar-refractivity contribution is -0.180. The third-order valence-corrected chi connectivity index (χ3v) is 4.73. The number of ketones is 1. The second-order valence-corrected chi connectivity index (χ2v) is 6.13. The van der Waals surface area contributed by atoms with E-state index in [0.29, 0.717) is 24.7 Å². The largest absolute Gasteiger partial charge is 0.381 e. The quantitative estimate of drug-likeness (QED) is 0.770. The average molecular weight is 268 g/mol. The molecule has 1 saturated carbocycles. The third-order valence-electron chi connectivity index (χ3n) is 4.73.